The maximum Gasteiger partial charge on any atom is 0.230 e. The van der Waals surface area contributed by atoms with Gasteiger partial charge in [0, 0.05) is 24.1 Å². The number of halogens is 1. The summed E-state index contributed by atoms with van der Waals surface area (Å²) in [5, 5.41) is 0. The Hall–Kier alpha value is -0.870. The van der Waals surface area contributed by atoms with E-state index in [0.29, 0.717) is 6.54 Å². The Morgan fingerprint density at radius 1 is 1.53 bits per heavy atom. The first-order valence-electron chi connectivity index (χ1n) is 6.69. The lowest BCUT2D eigenvalue weighted by Crippen LogP contribution is -2.47. The van der Waals surface area contributed by atoms with Gasteiger partial charge in [-0.15, -0.1) is 0 Å². The smallest absolute Gasteiger partial charge is 0.230 e. The summed E-state index contributed by atoms with van der Waals surface area (Å²) in [4.78, 5) is 14.4. The van der Waals surface area contributed by atoms with Gasteiger partial charge in [0.15, 0.2) is 0 Å². The molecule has 1 aliphatic carbocycles. The molecule has 104 valence electrons. The number of rotatable bonds is 3. The molecule has 0 bridgehead atoms. The minimum atomic E-state index is -0.393. The molecule has 2 rings (SSSR count). The summed E-state index contributed by atoms with van der Waals surface area (Å²) in [6.07, 6.45) is 2.89. The maximum atomic E-state index is 12.6. The zero-order valence-electron chi connectivity index (χ0n) is 11.5. The Bertz CT molecular complexity index is 477. The molecule has 0 aliphatic heterocycles. The SMILES string of the molecule is CN(Cc1ccccc1Br)C(=O)C1(C)CCCC1N. The second-order valence-corrected chi connectivity index (χ2v) is 6.52. The number of carbonyl (C=O) groups excluding carboxylic acids is 1. The van der Waals surface area contributed by atoms with E-state index in [0.717, 1.165) is 29.3 Å². The molecule has 0 aromatic heterocycles. The standard InChI is InChI=1S/C15H21BrN2O/c1-15(9-5-8-13(15)17)14(19)18(2)10-11-6-3-4-7-12(11)16/h3-4,6-7,13H,5,8-10,17H2,1-2H3. The molecule has 0 spiro atoms. The van der Waals surface area contributed by atoms with Crippen LogP contribution in [0.15, 0.2) is 28.7 Å². The van der Waals surface area contributed by atoms with Gasteiger partial charge in [-0.05, 0) is 31.4 Å². The molecule has 4 heteroatoms. The molecule has 19 heavy (non-hydrogen) atoms. The maximum absolute atomic E-state index is 12.6. The van der Waals surface area contributed by atoms with Crippen molar-refractivity contribution in [3.05, 3.63) is 34.3 Å². The van der Waals surface area contributed by atoms with Crippen LogP contribution in [0.5, 0.6) is 0 Å². The van der Waals surface area contributed by atoms with Gasteiger partial charge in [-0.1, -0.05) is 40.5 Å². The van der Waals surface area contributed by atoms with Crippen LogP contribution in [-0.2, 0) is 11.3 Å². The fraction of sp³-hybridized carbons (Fsp3) is 0.533. The predicted molar refractivity (Wildman–Crippen MR) is 80.5 cm³/mol. The molecule has 0 saturated heterocycles. The summed E-state index contributed by atoms with van der Waals surface area (Å²) in [7, 11) is 1.86. The summed E-state index contributed by atoms with van der Waals surface area (Å²) in [6, 6.07) is 7.98. The predicted octanol–water partition coefficient (Wildman–Crippen LogP) is 2.93. The van der Waals surface area contributed by atoms with Crippen molar-refractivity contribution in [1.29, 1.82) is 0 Å². The Morgan fingerprint density at radius 3 is 2.79 bits per heavy atom. The molecule has 2 N–H and O–H groups in total. The Balaban J connectivity index is 2.10. The molecule has 1 saturated carbocycles. The van der Waals surface area contributed by atoms with Crippen LogP contribution in [0.25, 0.3) is 0 Å². The zero-order valence-corrected chi connectivity index (χ0v) is 13.1. The van der Waals surface area contributed by atoms with Gasteiger partial charge in [-0.25, -0.2) is 0 Å². The lowest BCUT2D eigenvalue weighted by molar-refractivity contribution is -0.140. The highest BCUT2D eigenvalue weighted by Crippen LogP contribution is 2.38. The average Bonchev–Trinajstić information content (AvgIpc) is 2.72. The molecule has 3 nitrogen and oxygen atoms in total. The van der Waals surface area contributed by atoms with Gasteiger partial charge in [-0.3, -0.25) is 4.79 Å². The van der Waals surface area contributed by atoms with E-state index in [1.807, 2.05) is 38.2 Å². The molecule has 1 fully saturated rings. The molecule has 1 aromatic rings. The second-order valence-electron chi connectivity index (χ2n) is 5.67. The third-order valence-electron chi connectivity index (χ3n) is 4.23. The Kier molecular flexibility index (Phi) is 4.31. The first-order valence-corrected chi connectivity index (χ1v) is 7.49. The van der Waals surface area contributed by atoms with E-state index < -0.39 is 5.41 Å². The minimum absolute atomic E-state index is 0.0123. The van der Waals surface area contributed by atoms with Crippen molar-refractivity contribution >= 4 is 21.8 Å². The van der Waals surface area contributed by atoms with Gasteiger partial charge < -0.3 is 10.6 Å². The van der Waals surface area contributed by atoms with Gasteiger partial charge in [0.2, 0.25) is 5.91 Å². The first kappa shape index (κ1) is 14.5. The van der Waals surface area contributed by atoms with Crippen LogP contribution in [0.4, 0.5) is 0 Å². The quantitative estimate of drug-likeness (QED) is 0.929. The van der Waals surface area contributed by atoms with E-state index >= 15 is 0 Å². The minimum Gasteiger partial charge on any atom is -0.341 e. The van der Waals surface area contributed by atoms with Crippen molar-refractivity contribution in [3.63, 3.8) is 0 Å². The van der Waals surface area contributed by atoms with Crippen LogP contribution in [-0.4, -0.2) is 23.9 Å². The molecule has 0 radical (unpaired) electrons. The molecular weight excluding hydrogens is 304 g/mol. The van der Waals surface area contributed by atoms with Crippen LogP contribution in [0, 0.1) is 5.41 Å². The zero-order chi connectivity index (χ0) is 14.0. The number of amides is 1. The van der Waals surface area contributed by atoms with Crippen LogP contribution >= 0.6 is 15.9 Å². The summed E-state index contributed by atoms with van der Waals surface area (Å²) < 4.78 is 1.04. The number of carbonyl (C=O) groups is 1. The lowest BCUT2D eigenvalue weighted by atomic mass is 9.83. The monoisotopic (exact) mass is 324 g/mol. The summed E-state index contributed by atoms with van der Waals surface area (Å²) in [5.74, 6) is 0.160. The topological polar surface area (TPSA) is 46.3 Å². The van der Waals surface area contributed by atoms with E-state index in [1.54, 1.807) is 4.90 Å². The number of nitrogens with zero attached hydrogens (tertiary/aromatic N) is 1. The molecule has 1 aliphatic rings. The number of hydrogen-bond acceptors (Lipinski definition) is 2. The normalized spacial score (nSPS) is 26.4. The van der Waals surface area contributed by atoms with Gasteiger partial charge in [0.25, 0.3) is 0 Å². The number of benzene rings is 1. The van der Waals surface area contributed by atoms with E-state index in [4.69, 9.17) is 5.73 Å². The first-order chi connectivity index (χ1) is 8.95. The van der Waals surface area contributed by atoms with Gasteiger partial charge in [0.05, 0.1) is 5.41 Å². The largest absolute Gasteiger partial charge is 0.341 e. The van der Waals surface area contributed by atoms with Crippen molar-refractivity contribution < 1.29 is 4.79 Å². The van der Waals surface area contributed by atoms with Crippen molar-refractivity contribution in [3.8, 4) is 0 Å². The van der Waals surface area contributed by atoms with E-state index in [1.165, 1.54) is 0 Å². The third kappa shape index (κ3) is 2.84. The van der Waals surface area contributed by atoms with Gasteiger partial charge >= 0.3 is 0 Å². The van der Waals surface area contributed by atoms with Crippen LogP contribution in [0.3, 0.4) is 0 Å². The van der Waals surface area contributed by atoms with Crippen molar-refractivity contribution in [2.75, 3.05) is 7.05 Å². The van der Waals surface area contributed by atoms with Crippen molar-refractivity contribution in [1.82, 2.24) is 4.90 Å². The second kappa shape index (κ2) is 5.63. The van der Waals surface area contributed by atoms with Gasteiger partial charge in [0.1, 0.15) is 0 Å². The number of nitrogens with two attached hydrogens (primary N) is 1. The van der Waals surface area contributed by atoms with E-state index in [2.05, 4.69) is 15.9 Å². The highest BCUT2D eigenvalue weighted by molar-refractivity contribution is 9.10. The highest BCUT2D eigenvalue weighted by Gasteiger charge is 2.44. The molecule has 2 atom stereocenters. The molecule has 0 heterocycles. The summed E-state index contributed by atoms with van der Waals surface area (Å²) >= 11 is 3.52. The van der Waals surface area contributed by atoms with Crippen molar-refractivity contribution in [2.24, 2.45) is 11.1 Å². The van der Waals surface area contributed by atoms with E-state index in [-0.39, 0.29) is 11.9 Å². The van der Waals surface area contributed by atoms with Crippen molar-refractivity contribution in [2.45, 2.75) is 38.8 Å². The fourth-order valence-corrected chi connectivity index (χ4v) is 3.26. The average molecular weight is 325 g/mol. The highest BCUT2D eigenvalue weighted by atomic mass is 79.9. The summed E-state index contributed by atoms with van der Waals surface area (Å²) in [5.41, 5.74) is 6.84. The molecule has 1 aromatic carbocycles. The fourth-order valence-electron chi connectivity index (χ4n) is 2.85. The molecule has 2 unspecified atom stereocenters. The third-order valence-corrected chi connectivity index (χ3v) is 5.00. The lowest BCUT2D eigenvalue weighted by Gasteiger charge is -2.32. The Morgan fingerprint density at radius 2 is 2.21 bits per heavy atom. The summed E-state index contributed by atoms with van der Waals surface area (Å²) in [6.45, 7) is 2.62. The van der Waals surface area contributed by atoms with E-state index in [9.17, 15) is 4.79 Å². The Labute approximate surface area is 123 Å². The number of hydrogen-bond donors (Lipinski definition) is 1. The van der Waals surface area contributed by atoms with Crippen LogP contribution in [0.1, 0.15) is 31.7 Å². The van der Waals surface area contributed by atoms with Crippen LogP contribution in [0.2, 0.25) is 0 Å². The van der Waals surface area contributed by atoms with Gasteiger partial charge in [-0.2, -0.15) is 0 Å². The van der Waals surface area contributed by atoms with Crippen LogP contribution < -0.4 is 5.73 Å². The molecule has 1 amide bonds. The molecular formula is C15H21BrN2O.